The van der Waals surface area contributed by atoms with Gasteiger partial charge < -0.3 is 9.47 Å². The molecule has 0 aliphatic rings. The summed E-state index contributed by atoms with van der Waals surface area (Å²) in [7, 11) is 3.35. The van der Waals surface area contributed by atoms with E-state index in [1.165, 1.54) is 6.42 Å². The molecule has 0 N–H and O–H groups in total. The van der Waals surface area contributed by atoms with Crippen molar-refractivity contribution < 1.29 is 9.47 Å². The number of unbranched alkanes of at least 4 members (excludes halogenated alkanes) is 2. The number of halogens is 1. The molecule has 0 aromatic carbocycles. The van der Waals surface area contributed by atoms with E-state index >= 15 is 0 Å². The summed E-state index contributed by atoms with van der Waals surface area (Å²) in [5.41, 5.74) is 0. The van der Waals surface area contributed by atoms with Gasteiger partial charge in [-0.05, 0) is 32.1 Å². The van der Waals surface area contributed by atoms with Crippen LogP contribution in [0.5, 0.6) is 0 Å². The topological polar surface area (TPSA) is 18.5 Å². The molecule has 84 valence electrons. The second-order valence-electron chi connectivity index (χ2n) is 3.13. The van der Waals surface area contributed by atoms with E-state index in [2.05, 4.69) is 12.2 Å². The summed E-state index contributed by atoms with van der Waals surface area (Å²) in [6, 6.07) is 0. The Bertz CT molecular complexity index is 133. The van der Waals surface area contributed by atoms with E-state index in [4.69, 9.17) is 21.1 Å². The van der Waals surface area contributed by atoms with E-state index in [0.717, 1.165) is 25.7 Å². The molecule has 0 saturated carbocycles. The number of allylic oxidation sites excluding steroid dienone is 2. The molecule has 0 aliphatic carbocycles. The molecule has 0 amide bonds. The van der Waals surface area contributed by atoms with Gasteiger partial charge in [0.15, 0.2) is 6.29 Å². The first-order valence-electron chi connectivity index (χ1n) is 5.11. The van der Waals surface area contributed by atoms with Gasteiger partial charge in [0.2, 0.25) is 0 Å². The number of methoxy groups -OCH3 is 2. The van der Waals surface area contributed by atoms with Gasteiger partial charge in [-0.2, -0.15) is 0 Å². The predicted octanol–water partition coefficient (Wildman–Crippen LogP) is 3.35. The van der Waals surface area contributed by atoms with Crippen LogP contribution in [0.1, 0.15) is 32.1 Å². The summed E-state index contributed by atoms with van der Waals surface area (Å²) in [5, 5.41) is 0. The molecule has 0 radical (unpaired) electrons. The second-order valence-corrected chi connectivity index (χ2v) is 3.51. The SMILES string of the molecule is COC(CCCC/C=C\CCCl)OC. The Morgan fingerprint density at radius 2 is 1.71 bits per heavy atom. The van der Waals surface area contributed by atoms with Gasteiger partial charge in [0.05, 0.1) is 0 Å². The predicted molar refractivity (Wildman–Crippen MR) is 60.8 cm³/mol. The largest absolute Gasteiger partial charge is 0.356 e. The fourth-order valence-corrected chi connectivity index (χ4v) is 1.33. The van der Waals surface area contributed by atoms with Crippen LogP contribution in [0.4, 0.5) is 0 Å². The summed E-state index contributed by atoms with van der Waals surface area (Å²) >= 11 is 5.54. The van der Waals surface area contributed by atoms with Gasteiger partial charge in [0.25, 0.3) is 0 Å². The molecule has 14 heavy (non-hydrogen) atoms. The van der Waals surface area contributed by atoms with Gasteiger partial charge in [-0.1, -0.05) is 12.2 Å². The minimum absolute atomic E-state index is 0.0400. The van der Waals surface area contributed by atoms with Crippen molar-refractivity contribution in [3.8, 4) is 0 Å². The Labute approximate surface area is 92.2 Å². The van der Waals surface area contributed by atoms with Crippen molar-refractivity contribution in [2.24, 2.45) is 0 Å². The smallest absolute Gasteiger partial charge is 0.156 e. The van der Waals surface area contributed by atoms with Crippen molar-refractivity contribution in [3.63, 3.8) is 0 Å². The lowest BCUT2D eigenvalue weighted by Crippen LogP contribution is -2.12. The molecule has 0 aromatic rings. The highest BCUT2D eigenvalue weighted by Crippen LogP contribution is 2.07. The summed E-state index contributed by atoms with van der Waals surface area (Å²) < 4.78 is 10.2. The van der Waals surface area contributed by atoms with Crippen molar-refractivity contribution in [1.82, 2.24) is 0 Å². The van der Waals surface area contributed by atoms with Crippen LogP contribution in [0.2, 0.25) is 0 Å². The first kappa shape index (κ1) is 13.9. The Hall–Kier alpha value is -0.0500. The number of ether oxygens (including phenoxy) is 2. The lowest BCUT2D eigenvalue weighted by molar-refractivity contribution is -0.107. The van der Waals surface area contributed by atoms with Gasteiger partial charge in [-0.15, -0.1) is 11.6 Å². The number of hydrogen-bond acceptors (Lipinski definition) is 2. The number of alkyl halides is 1. The number of hydrogen-bond donors (Lipinski definition) is 0. The summed E-state index contributed by atoms with van der Waals surface area (Å²) in [4.78, 5) is 0. The quantitative estimate of drug-likeness (QED) is 0.257. The fraction of sp³-hybridized carbons (Fsp3) is 0.818. The molecular formula is C11H21ClO2. The lowest BCUT2D eigenvalue weighted by Gasteiger charge is -2.11. The maximum absolute atomic E-state index is 5.54. The highest BCUT2D eigenvalue weighted by Gasteiger charge is 2.02. The van der Waals surface area contributed by atoms with E-state index in [0.29, 0.717) is 5.88 Å². The van der Waals surface area contributed by atoms with Crippen LogP contribution in [0.25, 0.3) is 0 Å². The second kappa shape index (κ2) is 11.0. The molecule has 0 atom stereocenters. The zero-order chi connectivity index (χ0) is 10.6. The first-order valence-corrected chi connectivity index (χ1v) is 5.65. The minimum Gasteiger partial charge on any atom is -0.356 e. The average molecular weight is 221 g/mol. The standard InChI is InChI=1S/C11H21ClO2/c1-13-11(14-2)9-7-5-3-4-6-8-10-12/h4,6,11H,3,5,7-10H2,1-2H3/b6-4-. The van der Waals surface area contributed by atoms with E-state index in [1.807, 2.05) is 0 Å². The normalized spacial score (nSPS) is 11.7. The Balaban J connectivity index is 3.19. The highest BCUT2D eigenvalue weighted by molar-refractivity contribution is 6.17. The van der Waals surface area contributed by atoms with Crippen molar-refractivity contribution >= 4 is 11.6 Å². The van der Waals surface area contributed by atoms with Gasteiger partial charge >= 0.3 is 0 Å². The van der Waals surface area contributed by atoms with Crippen molar-refractivity contribution in [3.05, 3.63) is 12.2 Å². The van der Waals surface area contributed by atoms with E-state index < -0.39 is 0 Å². The Morgan fingerprint density at radius 1 is 1.07 bits per heavy atom. The fourth-order valence-electron chi connectivity index (χ4n) is 1.20. The molecule has 0 fully saturated rings. The van der Waals surface area contributed by atoms with Crippen LogP contribution in [0.15, 0.2) is 12.2 Å². The van der Waals surface area contributed by atoms with Crippen molar-refractivity contribution in [1.29, 1.82) is 0 Å². The highest BCUT2D eigenvalue weighted by atomic mass is 35.5. The summed E-state index contributed by atoms with van der Waals surface area (Å²) in [6.07, 6.45) is 9.67. The maximum atomic E-state index is 5.54. The summed E-state index contributed by atoms with van der Waals surface area (Å²) in [5.74, 6) is 0.714. The van der Waals surface area contributed by atoms with E-state index in [9.17, 15) is 0 Å². The van der Waals surface area contributed by atoms with Crippen LogP contribution >= 0.6 is 11.6 Å². The molecule has 2 nitrogen and oxygen atoms in total. The maximum Gasteiger partial charge on any atom is 0.156 e. The van der Waals surface area contributed by atoms with E-state index in [1.54, 1.807) is 14.2 Å². The zero-order valence-electron chi connectivity index (χ0n) is 9.17. The zero-order valence-corrected chi connectivity index (χ0v) is 9.93. The van der Waals surface area contributed by atoms with Gasteiger partial charge in [-0.3, -0.25) is 0 Å². The van der Waals surface area contributed by atoms with Crippen LogP contribution in [0, 0.1) is 0 Å². The molecule has 3 heteroatoms. The Morgan fingerprint density at radius 3 is 2.29 bits per heavy atom. The van der Waals surface area contributed by atoms with Gasteiger partial charge in [-0.25, -0.2) is 0 Å². The third-order valence-electron chi connectivity index (χ3n) is 2.03. The van der Waals surface area contributed by atoms with Crippen LogP contribution in [-0.4, -0.2) is 26.4 Å². The summed E-state index contributed by atoms with van der Waals surface area (Å²) in [6.45, 7) is 0. The van der Waals surface area contributed by atoms with Crippen LogP contribution in [0.3, 0.4) is 0 Å². The van der Waals surface area contributed by atoms with Crippen LogP contribution in [-0.2, 0) is 9.47 Å². The van der Waals surface area contributed by atoms with Crippen molar-refractivity contribution in [2.75, 3.05) is 20.1 Å². The molecule has 0 saturated heterocycles. The lowest BCUT2D eigenvalue weighted by atomic mass is 10.2. The Kier molecular flexibility index (Phi) is 11.0. The molecular weight excluding hydrogens is 200 g/mol. The third-order valence-corrected chi connectivity index (χ3v) is 2.25. The van der Waals surface area contributed by atoms with Gasteiger partial charge in [0, 0.05) is 20.1 Å². The molecule has 0 aromatic heterocycles. The van der Waals surface area contributed by atoms with Crippen LogP contribution < -0.4 is 0 Å². The molecule has 0 heterocycles. The minimum atomic E-state index is -0.0400. The van der Waals surface area contributed by atoms with Gasteiger partial charge in [0.1, 0.15) is 0 Å². The molecule has 0 rings (SSSR count). The first-order chi connectivity index (χ1) is 6.85. The van der Waals surface area contributed by atoms with E-state index in [-0.39, 0.29) is 6.29 Å². The molecule has 0 unspecified atom stereocenters. The third kappa shape index (κ3) is 8.54. The molecule has 0 spiro atoms. The molecule has 0 aliphatic heterocycles. The van der Waals surface area contributed by atoms with Crippen molar-refractivity contribution in [2.45, 2.75) is 38.4 Å². The monoisotopic (exact) mass is 220 g/mol. The molecule has 0 bridgehead atoms. The average Bonchev–Trinajstić information content (AvgIpc) is 2.22. The number of rotatable bonds is 9.